The highest BCUT2D eigenvalue weighted by molar-refractivity contribution is 5.96. The van der Waals surface area contributed by atoms with Gasteiger partial charge in [-0.1, -0.05) is 0 Å². The molecule has 0 heterocycles. The zero-order valence-corrected chi connectivity index (χ0v) is 15.2. The van der Waals surface area contributed by atoms with Gasteiger partial charge in [0.15, 0.2) is 11.5 Å². The number of hydrogen-bond acceptors (Lipinski definition) is 4. The summed E-state index contributed by atoms with van der Waals surface area (Å²) in [6.07, 6.45) is -4.41. The molecule has 2 aromatic rings. The number of halogens is 3. The van der Waals surface area contributed by atoms with Gasteiger partial charge in [-0.2, -0.15) is 13.2 Å². The molecule has 2 N–H and O–H groups in total. The molecule has 0 radical (unpaired) electrons. The molecule has 0 bridgehead atoms. The normalized spacial score (nSPS) is 12.2. The molecular formula is C19H21F3N2O3. The van der Waals surface area contributed by atoms with Gasteiger partial charge >= 0.3 is 6.18 Å². The van der Waals surface area contributed by atoms with Gasteiger partial charge in [0.1, 0.15) is 6.04 Å². The minimum Gasteiger partial charge on any atom is -0.493 e. The first-order chi connectivity index (χ1) is 12.7. The lowest BCUT2D eigenvalue weighted by molar-refractivity contribution is -0.137. The predicted molar refractivity (Wildman–Crippen MR) is 97.3 cm³/mol. The second-order valence-electron chi connectivity index (χ2n) is 5.73. The van der Waals surface area contributed by atoms with E-state index in [9.17, 15) is 18.0 Å². The van der Waals surface area contributed by atoms with E-state index in [4.69, 9.17) is 9.47 Å². The number of methoxy groups -OCH3 is 1. The Labute approximate surface area is 155 Å². The molecule has 0 unspecified atom stereocenters. The maximum absolute atomic E-state index is 12.6. The third-order valence-electron chi connectivity index (χ3n) is 3.72. The summed E-state index contributed by atoms with van der Waals surface area (Å²) in [7, 11) is 1.52. The fraction of sp³-hybridized carbons (Fsp3) is 0.316. The molecule has 8 heteroatoms. The summed E-state index contributed by atoms with van der Waals surface area (Å²) in [5.74, 6) is 0.729. The van der Waals surface area contributed by atoms with Crippen molar-refractivity contribution in [3.05, 3.63) is 48.0 Å². The van der Waals surface area contributed by atoms with Crippen molar-refractivity contribution in [2.75, 3.05) is 24.4 Å². The molecule has 5 nitrogen and oxygen atoms in total. The monoisotopic (exact) mass is 382 g/mol. The molecule has 1 amide bonds. The Kier molecular flexibility index (Phi) is 6.55. The quantitative estimate of drug-likeness (QED) is 0.738. The summed E-state index contributed by atoms with van der Waals surface area (Å²) < 4.78 is 48.4. The van der Waals surface area contributed by atoms with E-state index in [1.807, 2.05) is 6.92 Å². The van der Waals surface area contributed by atoms with Crippen molar-refractivity contribution in [1.29, 1.82) is 0 Å². The highest BCUT2D eigenvalue weighted by atomic mass is 19.4. The topological polar surface area (TPSA) is 59.6 Å². The predicted octanol–water partition coefficient (Wildman–Crippen LogP) is 4.55. The van der Waals surface area contributed by atoms with E-state index in [1.165, 1.54) is 19.2 Å². The Morgan fingerprint density at radius 2 is 1.70 bits per heavy atom. The number of ether oxygens (including phenoxy) is 2. The minimum atomic E-state index is -4.41. The molecule has 0 fully saturated rings. The SMILES string of the molecule is CCOc1ccc(N[C@H](C)C(=O)Nc2ccc(C(F)(F)F)cc2)cc1OC. The molecule has 1 atom stereocenters. The molecule has 0 aliphatic heterocycles. The van der Waals surface area contributed by atoms with Crippen molar-refractivity contribution >= 4 is 17.3 Å². The number of benzene rings is 2. The van der Waals surface area contributed by atoms with Crippen LogP contribution < -0.4 is 20.1 Å². The Morgan fingerprint density at radius 1 is 1.07 bits per heavy atom. The van der Waals surface area contributed by atoms with Crippen LogP contribution in [0.4, 0.5) is 24.5 Å². The average molecular weight is 382 g/mol. The number of hydrogen-bond donors (Lipinski definition) is 2. The van der Waals surface area contributed by atoms with Crippen LogP contribution in [-0.4, -0.2) is 25.7 Å². The van der Waals surface area contributed by atoms with Crippen LogP contribution in [0.3, 0.4) is 0 Å². The van der Waals surface area contributed by atoms with E-state index in [0.717, 1.165) is 12.1 Å². The van der Waals surface area contributed by atoms with Crippen LogP contribution in [0.2, 0.25) is 0 Å². The van der Waals surface area contributed by atoms with E-state index in [0.29, 0.717) is 23.8 Å². The first kappa shape index (κ1) is 20.4. The Bertz CT molecular complexity index is 777. The molecule has 0 saturated heterocycles. The second kappa shape index (κ2) is 8.66. The molecule has 0 aliphatic rings. The Morgan fingerprint density at radius 3 is 2.26 bits per heavy atom. The summed E-state index contributed by atoms with van der Waals surface area (Å²) in [6.45, 7) is 4.00. The largest absolute Gasteiger partial charge is 0.493 e. The van der Waals surface area contributed by atoms with Crippen LogP contribution in [0, 0.1) is 0 Å². The molecule has 2 rings (SSSR count). The van der Waals surface area contributed by atoms with Crippen molar-refractivity contribution < 1.29 is 27.4 Å². The van der Waals surface area contributed by atoms with Gasteiger partial charge in [-0.3, -0.25) is 4.79 Å². The molecule has 0 spiro atoms. The molecule has 0 saturated carbocycles. The van der Waals surface area contributed by atoms with Gasteiger partial charge in [0.05, 0.1) is 19.3 Å². The van der Waals surface area contributed by atoms with E-state index >= 15 is 0 Å². The van der Waals surface area contributed by atoms with E-state index in [-0.39, 0.29) is 11.6 Å². The third-order valence-corrected chi connectivity index (χ3v) is 3.72. The molecule has 0 aliphatic carbocycles. The summed E-state index contributed by atoms with van der Waals surface area (Å²) in [6, 6.07) is 8.82. The summed E-state index contributed by atoms with van der Waals surface area (Å²) in [5, 5.41) is 5.59. The zero-order chi connectivity index (χ0) is 20.0. The van der Waals surface area contributed by atoms with E-state index < -0.39 is 17.8 Å². The molecule has 146 valence electrons. The second-order valence-corrected chi connectivity index (χ2v) is 5.73. The number of carbonyl (C=O) groups is 1. The molecule has 2 aromatic carbocycles. The maximum Gasteiger partial charge on any atom is 0.416 e. The number of anilines is 2. The van der Waals surface area contributed by atoms with Crippen LogP contribution in [0.5, 0.6) is 11.5 Å². The number of nitrogens with one attached hydrogen (secondary N) is 2. The van der Waals surface area contributed by atoms with Crippen LogP contribution in [0.25, 0.3) is 0 Å². The smallest absolute Gasteiger partial charge is 0.416 e. The lowest BCUT2D eigenvalue weighted by atomic mass is 10.2. The van der Waals surface area contributed by atoms with Crippen LogP contribution in [0.1, 0.15) is 19.4 Å². The lowest BCUT2D eigenvalue weighted by Crippen LogP contribution is -2.31. The van der Waals surface area contributed by atoms with Crippen LogP contribution >= 0.6 is 0 Å². The highest BCUT2D eigenvalue weighted by Gasteiger charge is 2.30. The van der Waals surface area contributed by atoms with Gasteiger partial charge in [0.25, 0.3) is 0 Å². The standard InChI is InChI=1S/C19H21F3N2O3/c1-4-27-16-10-9-15(11-17(16)26-3)23-12(2)18(25)24-14-7-5-13(6-8-14)19(20,21)22/h5-12,23H,4H2,1-3H3,(H,24,25)/t12-/m1/s1. The van der Waals surface area contributed by atoms with Crippen molar-refractivity contribution in [1.82, 2.24) is 0 Å². The Hall–Kier alpha value is -2.90. The van der Waals surface area contributed by atoms with Gasteiger partial charge < -0.3 is 20.1 Å². The van der Waals surface area contributed by atoms with E-state index in [2.05, 4.69) is 10.6 Å². The summed E-state index contributed by atoms with van der Waals surface area (Å²) in [5.41, 5.74) is 0.157. The van der Waals surface area contributed by atoms with Gasteiger partial charge in [-0.05, 0) is 50.2 Å². The average Bonchev–Trinajstić information content (AvgIpc) is 2.62. The molecule has 27 heavy (non-hydrogen) atoms. The Balaban J connectivity index is 2.01. The summed E-state index contributed by atoms with van der Waals surface area (Å²) >= 11 is 0. The third kappa shape index (κ3) is 5.54. The number of alkyl halides is 3. The van der Waals surface area contributed by atoms with Crippen molar-refractivity contribution in [3.8, 4) is 11.5 Å². The van der Waals surface area contributed by atoms with Crippen LogP contribution in [0.15, 0.2) is 42.5 Å². The fourth-order valence-electron chi connectivity index (χ4n) is 2.34. The lowest BCUT2D eigenvalue weighted by Gasteiger charge is -2.17. The van der Waals surface area contributed by atoms with Crippen molar-refractivity contribution in [2.45, 2.75) is 26.1 Å². The van der Waals surface area contributed by atoms with Gasteiger partial charge in [0, 0.05) is 17.4 Å². The van der Waals surface area contributed by atoms with Gasteiger partial charge in [-0.25, -0.2) is 0 Å². The van der Waals surface area contributed by atoms with Crippen molar-refractivity contribution in [3.63, 3.8) is 0 Å². The zero-order valence-electron chi connectivity index (χ0n) is 15.2. The first-order valence-electron chi connectivity index (χ1n) is 8.30. The van der Waals surface area contributed by atoms with Crippen LogP contribution in [-0.2, 0) is 11.0 Å². The van der Waals surface area contributed by atoms with Gasteiger partial charge in [-0.15, -0.1) is 0 Å². The number of rotatable bonds is 7. The first-order valence-corrected chi connectivity index (χ1v) is 8.30. The van der Waals surface area contributed by atoms with Crippen molar-refractivity contribution in [2.24, 2.45) is 0 Å². The fourth-order valence-corrected chi connectivity index (χ4v) is 2.34. The molecular weight excluding hydrogens is 361 g/mol. The minimum absolute atomic E-state index is 0.283. The number of amides is 1. The number of carbonyl (C=O) groups excluding carboxylic acids is 1. The highest BCUT2D eigenvalue weighted by Crippen LogP contribution is 2.31. The maximum atomic E-state index is 12.6. The van der Waals surface area contributed by atoms with E-state index in [1.54, 1.807) is 25.1 Å². The van der Waals surface area contributed by atoms with Gasteiger partial charge in [0.2, 0.25) is 5.91 Å². The molecule has 0 aromatic heterocycles. The summed E-state index contributed by atoms with van der Waals surface area (Å²) in [4.78, 5) is 12.3.